The number of thiophene rings is 1. The third kappa shape index (κ3) is 8.91. The maximum atomic E-state index is 13.8. The Balaban J connectivity index is 1.75. The summed E-state index contributed by atoms with van der Waals surface area (Å²) in [6, 6.07) is 7.73. The summed E-state index contributed by atoms with van der Waals surface area (Å²) in [4.78, 5) is 34.0. The number of aryl methyl sites for hydroxylation is 1. The number of amides is 3. The third-order valence-corrected chi connectivity index (χ3v) is 7.76. The highest BCUT2D eigenvalue weighted by Gasteiger charge is 2.26. The zero-order valence-electron chi connectivity index (χ0n) is 23.8. The molecule has 2 aromatic rings. The molecule has 0 saturated carbocycles. The summed E-state index contributed by atoms with van der Waals surface area (Å²) >= 11 is 1.66. The standard InChI is InChI=1S/C29H44N4O4S/c1-22-12-18-38-26(22)20-32(15-11-23-9-10-24(36-5)25(19-23)37-6)27(34)21-33(28(35)30-29(2,3)4)17-16-31-13-7-8-14-31/h9-10,12,18-19H,7-8,11,13-17,20-21H2,1-6H3,(H,30,35). The summed E-state index contributed by atoms with van der Waals surface area (Å²) in [5, 5.41) is 5.11. The first kappa shape index (κ1) is 29.8. The molecule has 38 heavy (non-hydrogen) atoms. The van der Waals surface area contributed by atoms with Gasteiger partial charge in [0, 0.05) is 30.1 Å². The molecule has 1 aliphatic heterocycles. The number of carbonyl (C=O) groups is 2. The number of methoxy groups -OCH3 is 2. The van der Waals surface area contributed by atoms with Crippen molar-refractivity contribution in [2.24, 2.45) is 0 Å². The molecule has 210 valence electrons. The van der Waals surface area contributed by atoms with Crippen LogP contribution in [0.4, 0.5) is 4.79 Å². The Labute approximate surface area is 231 Å². The van der Waals surface area contributed by atoms with E-state index in [0.717, 1.165) is 30.1 Å². The van der Waals surface area contributed by atoms with Gasteiger partial charge in [0.2, 0.25) is 5.91 Å². The van der Waals surface area contributed by atoms with Crippen molar-refractivity contribution in [1.82, 2.24) is 20.0 Å². The minimum absolute atomic E-state index is 0.0477. The van der Waals surface area contributed by atoms with Crippen LogP contribution in [-0.4, -0.2) is 85.7 Å². The zero-order chi connectivity index (χ0) is 27.7. The van der Waals surface area contributed by atoms with E-state index < -0.39 is 0 Å². The summed E-state index contributed by atoms with van der Waals surface area (Å²) in [7, 11) is 3.24. The molecule has 3 amide bonds. The Morgan fingerprint density at radius 1 is 1.03 bits per heavy atom. The number of hydrogen-bond acceptors (Lipinski definition) is 6. The molecule has 1 aliphatic rings. The summed E-state index contributed by atoms with van der Waals surface area (Å²) in [5.74, 6) is 1.30. The molecular formula is C29H44N4O4S. The second-order valence-corrected chi connectivity index (χ2v) is 11.9. The van der Waals surface area contributed by atoms with Gasteiger partial charge in [-0.05, 0) is 94.8 Å². The molecule has 1 aromatic heterocycles. The van der Waals surface area contributed by atoms with Crippen LogP contribution in [0.25, 0.3) is 0 Å². The number of carbonyl (C=O) groups excluding carboxylic acids is 2. The number of hydrogen-bond donors (Lipinski definition) is 1. The predicted molar refractivity (Wildman–Crippen MR) is 153 cm³/mol. The van der Waals surface area contributed by atoms with Gasteiger partial charge in [-0.15, -0.1) is 11.3 Å². The van der Waals surface area contributed by atoms with Gasteiger partial charge in [0.25, 0.3) is 0 Å². The Hall–Kier alpha value is -2.78. The van der Waals surface area contributed by atoms with Crippen LogP contribution in [0.1, 0.15) is 49.6 Å². The molecule has 1 aromatic carbocycles. The number of nitrogens with one attached hydrogen (secondary N) is 1. The van der Waals surface area contributed by atoms with Gasteiger partial charge in [0.05, 0.1) is 20.8 Å². The third-order valence-electron chi connectivity index (χ3n) is 6.75. The molecule has 9 heteroatoms. The molecule has 0 aliphatic carbocycles. The fraction of sp³-hybridized carbons (Fsp3) is 0.586. The molecule has 1 N–H and O–H groups in total. The normalized spacial score (nSPS) is 13.8. The lowest BCUT2D eigenvalue weighted by atomic mass is 10.1. The molecule has 2 heterocycles. The number of rotatable bonds is 12. The Morgan fingerprint density at radius 2 is 1.74 bits per heavy atom. The highest BCUT2D eigenvalue weighted by Crippen LogP contribution is 2.28. The van der Waals surface area contributed by atoms with Crippen molar-refractivity contribution in [3.05, 3.63) is 45.6 Å². The molecule has 0 bridgehead atoms. The van der Waals surface area contributed by atoms with Crippen molar-refractivity contribution >= 4 is 23.3 Å². The average Bonchev–Trinajstić information content (AvgIpc) is 3.54. The molecule has 0 atom stereocenters. The SMILES string of the molecule is COc1ccc(CCN(Cc2sccc2C)C(=O)CN(CCN2CCCC2)C(=O)NC(C)(C)C)cc1OC. The van der Waals surface area contributed by atoms with Gasteiger partial charge in [0.1, 0.15) is 6.54 Å². The average molecular weight is 545 g/mol. The van der Waals surface area contributed by atoms with Crippen LogP contribution in [0, 0.1) is 6.92 Å². The van der Waals surface area contributed by atoms with E-state index in [1.807, 2.05) is 43.9 Å². The fourth-order valence-electron chi connectivity index (χ4n) is 4.52. The smallest absolute Gasteiger partial charge is 0.318 e. The van der Waals surface area contributed by atoms with Crippen molar-refractivity contribution < 1.29 is 19.1 Å². The van der Waals surface area contributed by atoms with Crippen LogP contribution in [0.3, 0.4) is 0 Å². The van der Waals surface area contributed by atoms with Gasteiger partial charge < -0.3 is 29.5 Å². The minimum Gasteiger partial charge on any atom is -0.493 e. The van der Waals surface area contributed by atoms with E-state index in [1.165, 1.54) is 18.4 Å². The van der Waals surface area contributed by atoms with E-state index in [1.54, 1.807) is 30.5 Å². The highest BCUT2D eigenvalue weighted by molar-refractivity contribution is 7.10. The minimum atomic E-state index is -0.382. The van der Waals surface area contributed by atoms with Crippen molar-refractivity contribution in [1.29, 1.82) is 0 Å². The van der Waals surface area contributed by atoms with Gasteiger partial charge in [-0.3, -0.25) is 4.79 Å². The van der Waals surface area contributed by atoms with Crippen molar-refractivity contribution in [2.45, 2.75) is 59.0 Å². The Kier molecular flexibility index (Phi) is 10.8. The van der Waals surface area contributed by atoms with E-state index in [2.05, 4.69) is 28.6 Å². The summed E-state index contributed by atoms with van der Waals surface area (Å²) in [6.07, 6.45) is 3.05. The van der Waals surface area contributed by atoms with Gasteiger partial charge in [0.15, 0.2) is 11.5 Å². The number of likely N-dealkylation sites (tertiary alicyclic amines) is 1. The van der Waals surface area contributed by atoms with Crippen molar-refractivity contribution in [3.63, 3.8) is 0 Å². The lowest BCUT2D eigenvalue weighted by molar-refractivity contribution is -0.132. The number of nitrogens with zero attached hydrogens (tertiary/aromatic N) is 3. The lowest BCUT2D eigenvalue weighted by Gasteiger charge is -2.31. The molecule has 1 saturated heterocycles. The van der Waals surface area contributed by atoms with E-state index in [9.17, 15) is 9.59 Å². The van der Waals surface area contributed by atoms with Crippen LogP contribution in [0.5, 0.6) is 11.5 Å². The maximum Gasteiger partial charge on any atom is 0.318 e. The molecule has 1 fully saturated rings. The van der Waals surface area contributed by atoms with Gasteiger partial charge in [-0.2, -0.15) is 0 Å². The number of benzene rings is 1. The molecule has 0 spiro atoms. The van der Waals surface area contributed by atoms with Crippen LogP contribution < -0.4 is 14.8 Å². The van der Waals surface area contributed by atoms with Crippen molar-refractivity contribution in [2.75, 3.05) is 53.5 Å². The lowest BCUT2D eigenvalue weighted by Crippen LogP contribution is -2.53. The van der Waals surface area contributed by atoms with Crippen LogP contribution in [-0.2, 0) is 17.8 Å². The Morgan fingerprint density at radius 3 is 2.34 bits per heavy atom. The number of urea groups is 1. The maximum absolute atomic E-state index is 13.8. The van der Waals surface area contributed by atoms with Gasteiger partial charge in [-0.25, -0.2) is 4.79 Å². The number of ether oxygens (including phenoxy) is 2. The first-order chi connectivity index (χ1) is 18.1. The molecule has 0 radical (unpaired) electrons. The first-order valence-electron chi connectivity index (χ1n) is 13.4. The molecular weight excluding hydrogens is 500 g/mol. The Bertz CT molecular complexity index is 1060. The summed E-state index contributed by atoms with van der Waals surface area (Å²) in [6.45, 7) is 12.5. The van der Waals surface area contributed by atoms with E-state index >= 15 is 0 Å². The van der Waals surface area contributed by atoms with Crippen molar-refractivity contribution in [3.8, 4) is 11.5 Å². The summed E-state index contributed by atoms with van der Waals surface area (Å²) in [5.41, 5.74) is 1.85. The first-order valence-corrected chi connectivity index (χ1v) is 14.3. The van der Waals surface area contributed by atoms with Crippen LogP contribution in [0.2, 0.25) is 0 Å². The zero-order valence-corrected chi connectivity index (χ0v) is 24.7. The fourth-order valence-corrected chi connectivity index (χ4v) is 5.44. The predicted octanol–water partition coefficient (Wildman–Crippen LogP) is 4.55. The molecule has 3 rings (SSSR count). The van der Waals surface area contributed by atoms with Crippen LogP contribution >= 0.6 is 11.3 Å². The second-order valence-electron chi connectivity index (χ2n) is 10.9. The monoisotopic (exact) mass is 544 g/mol. The quantitative estimate of drug-likeness (QED) is 0.424. The highest BCUT2D eigenvalue weighted by atomic mass is 32.1. The largest absolute Gasteiger partial charge is 0.493 e. The topological polar surface area (TPSA) is 74.4 Å². The van der Waals surface area contributed by atoms with E-state index in [0.29, 0.717) is 37.6 Å². The van der Waals surface area contributed by atoms with Gasteiger partial charge >= 0.3 is 6.03 Å². The van der Waals surface area contributed by atoms with Gasteiger partial charge in [-0.1, -0.05) is 6.07 Å². The van der Waals surface area contributed by atoms with E-state index in [4.69, 9.17) is 9.47 Å². The van der Waals surface area contributed by atoms with E-state index in [-0.39, 0.29) is 24.0 Å². The van der Waals surface area contributed by atoms with Crippen LogP contribution in [0.15, 0.2) is 29.6 Å². The summed E-state index contributed by atoms with van der Waals surface area (Å²) < 4.78 is 10.8. The second kappa shape index (κ2) is 13.8. The molecule has 0 unspecified atom stereocenters. The molecule has 8 nitrogen and oxygen atoms in total.